The standard InChI is InChI=1S/C60H38N6/c1-4-16-39(17-5-1)44-24-15-26-47(37-44)65-53-29-13-12-28-49(53)50-31-32-51-52-38-45(43-23-14-25-46(36-43)55-48-27-11-10-18-40(48)34-35-61-55)30-33-54(52)66(57(51)56(50)65)60-63-58(41-19-6-2-7-20-41)62-59(64-60)42-21-8-3-9-22-42/h1-38H. The van der Waals surface area contributed by atoms with Crippen molar-refractivity contribution in [1.29, 1.82) is 0 Å². The Bertz CT molecular complexity index is 3920. The van der Waals surface area contributed by atoms with Crippen molar-refractivity contribution in [2.75, 3.05) is 0 Å². The molecule has 9 aromatic carbocycles. The molecule has 13 rings (SSSR count). The molecule has 0 fully saturated rings. The van der Waals surface area contributed by atoms with Crippen LogP contribution in [0.4, 0.5) is 0 Å². The Kier molecular flexibility index (Phi) is 8.74. The molecule has 66 heavy (non-hydrogen) atoms. The minimum absolute atomic E-state index is 0.543. The highest BCUT2D eigenvalue weighted by Gasteiger charge is 2.24. The minimum atomic E-state index is 0.543. The van der Waals surface area contributed by atoms with Gasteiger partial charge >= 0.3 is 0 Å². The third-order valence-corrected chi connectivity index (χ3v) is 12.8. The second-order valence-corrected chi connectivity index (χ2v) is 16.7. The van der Waals surface area contributed by atoms with Crippen LogP contribution < -0.4 is 0 Å². The highest BCUT2D eigenvalue weighted by Crippen LogP contribution is 2.43. The van der Waals surface area contributed by atoms with Gasteiger partial charge in [0.1, 0.15) is 0 Å². The molecule has 0 radical (unpaired) electrons. The van der Waals surface area contributed by atoms with Crippen LogP contribution in [0.1, 0.15) is 0 Å². The summed E-state index contributed by atoms with van der Waals surface area (Å²) in [6.45, 7) is 0. The molecule has 6 nitrogen and oxygen atoms in total. The van der Waals surface area contributed by atoms with Crippen LogP contribution >= 0.6 is 0 Å². The van der Waals surface area contributed by atoms with Gasteiger partial charge in [-0.15, -0.1) is 0 Å². The zero-order valence-electron chi connectivity index (χ0n) is 35.6. The van der Waals surface area contributed by atoms with Crippen molar-refractivity contribution in [3.05, 3.63) is 231 Å². The second kappa shape index (κ2) is 15.4. The van der Waals surface area contributed by atoms with Gasteiger partial charge in [0.05, 0.1) is 27.8 Å². The number of pyridine rings is 1. The molecular formula is C60H38N6. The molecule has 4 aromatic heterocycles. The van der Waals surface area contributed by atoms with Crippen molar-refractivity contribution in [2.24, 2.45) is 0 Å². The van der Waals surface area contributed by atoms with Gasteiger partial charge in [-0.1, -0.05) is 182 Å². The lowest BCUT2D eigenvalue weighted by Crippen LogP contribution is -2.07. The summed E-state index contributed by atoms with van der Waals surface area (Å²) < 4.78 is 4.69. The van der Waals surface area contributed by atoms with Gasteiger partial charge in [0, 0.05) is 55.5 Å². The number of hydrogen-bond donors (Lipinski definition) is 0. The first-order valence-corrected chi connectivity index (χ1v) is 22.2. The van der Waals surface area contributed by atoms with E-state index in [0.717, 1.165) is 88.4 Å². The molecule has 0 aliphatic heterocycles. The SMILES string of the molecule is c1ccc(-c2cccc(-n3c4ccccc4c4ccc5c6cc(-c7cccc(-c8nccc9ccccc89)c7)ccc6n(-c6nc(-c7ccccc7)nc(-c7ccccc7)n6)c5c43)c2)cc1. The summed E-state index contributed by atoms with van der Waals surface area (Å²) >= 11 is 0. The highest BCUT2D eigenvalue weighted by molar-refractivity contribution is 6.24. The predicted octanol–water partition coefficient (Wildman–Crippen LogP) is 14.9. The lowest BCUT2D eigenvalue weighted by atomic mass is 9.98. The van der Waals surface area contributed by atoms with Crippen molar-refractivity contribution in [1.82, 2.24) is 29.1 Å². The van der Waals surface area contributed by atoms with Gasteiger partial charge in [0.15, 0.2) is 11.6 Å². The van der Waals surface area contributed by atoms with Crippen molar-refractivity contribution in [3.63, 3.8) is 0 Å². The fraction of sp³-hybridized carbons (Fsp3) is 0. The Morgan fingerprint density at radius 2 is 0.848 bits per heavy atom. The molecule has 13 aromatic rings. The van der Waals surface area contributed by atoms with E-state index in [-0.39, 0.29) is 0 Å². The molecule has 0 spiro atoms. The smallest absolute Gasteiger partial charge is 0.238 e. The van der Waals surface area contributed by atoms with Gasteiger partial charge in [0.25, 0.3) is 0 Å². The lowest BCUT2D eigenvalue weighted by molar-refractivity contribution is 0.953. The summed E-state index contributed by atoms with van der Waals surface area (Å²) in [5.41, 5.74) is 13.7. The van der Waals surface area contributed by atoms with Crippen LogP contribution in [0.2, 0.25) is 0 Å². The van der Waals surface area contributed by atoms with Crippen molar-refractivity contribution >= 4 is 54.4 Å². The molecule has 4 heterocycles. The van der Waals surface area contributed by atoms with Gasteiger partial charge in [-0.05, 0) is 70.1 Å². The topological polar surface area (TPSA) is 61.4 Å². The number of benzene rings is 9. The third-order valence-electron chi connectivity index (χ3n) is 12.8. The van der Waals surface area contributed by atoms with E-state index in [2.05, 4.69) is 197 Å². The van der Waals surface area contributed by atoms with Crippen LogP contribution in [0.5, 0.6) is 0 Å². The average molecular weight is 843 g/mol. The van der Waals surface area contributed by atoms with E-state index in [0.29, 0.717) is 17.6 Å². The molecule has 0 saturated carbocycles. The van der Waals surface area contributed by atoms with Crippen LogP contribution in [0.3, 0.4) is 0 Å². The minimum Gasteiger partial charge on any atom is -0.307 e. The Labute approximate surface area is 380 Å². The fourth-order valence-electron chi connectivity index (χ4n) is 9.75. The van der Waals surface area contributed by atoms with E-state index in [1.807, 2.05) is 42.6 Å². The van der Waals surface area contributed by atoms with E-state index in [1.54, 1.807) is 0 Å². The fourth-order valence-corrected chi connectivity index (χ4v) is 9.75. The summed E-state index contributed by atoms with van der Waals surface area (Å²) in [6, 6.07) is 79.2. The lowest BCUT2D eigenvalue weighted by Gasteiger charge is -2.14. The molecular weight excluding hydrogens is 805 g/mol. The second-order valence-electron chi connectivity index (χ2n) is 16.7. The van der Waals surface area contributed by atoms with E-state index >= 15 is 0 Å². The van der Waals surface area contributed by atoms with Gasteiger partial charge < -0.3 is 4.57 Å². The van der Waals surface area contributed by atoms with Crippen molar-refractivity contribution in [3.8, 4) is 67.9 Å². The number of nitrogens with zero attached hydrogens (tertiary/aromatic N) is 6. The zero-order chi connectivity index (χ0) is 43.6. The van der Waals surface area contributed by atoms with E-state index in [1.165, 1.54) is 16.3 Å². The van der Waals surface area contributed by atoms with E-state index in [4.69, 9.17) is 19.9 Å². The zero-order valence-corrected chi connectivity index (χ0v) is 35.6. The summed E-state index contributed by atoms with van der Waals surface area (Å²) in [4.78, 5) is 20.7. The summed E-state index contributed by atoms with van der Waals surface area (Å²) in [7, 11) is 0. The Hall–Kier alpha value is -9.00. The van der Waals surface area contributed by atoms with Crippen LogP contribution in [-0.4, -0.2) is 29.1 Å². The summed E-state index contributed by atoms with van der Waals surface area (Å²) in [6.07, 6.45) is 1.90. The van der Waals surface area contributed by atoms with E-state index in [9.17, 15) is 0 Å². The molecule has 0 unspecified atom stereocenters. The van der Waals surface area contributed by atoms with Gasteiger partial charge in [-0.25, -0.2) is 4.98 Å². The normalized spacial score (nSPS) is 11.6. The number of hydrogen-bond acceptors (Lipinski definition) is 4. The van der Waals surface area contributed by atoms with Gasteiger partial charge in [-0.3, -0.25) is 9.55 Å². The largest absolute Gasteiger partial charge is 0.307 e. The van der Waals surface area contributed by atoms with Crippen molar-refractivity contribution in [2.45, 2.75) is 0 Å². The van der Waals surface area contributed by atoms with Crippen LogP contribution in [0, 0.1) is 0 Å². The molecule has 0 aliphatic carbocycles. The monoisotopic (exact) mass is 842 g/mol. The van der Waals surface area contributed by atoms with Gasteiger partial charge in [-0.2, -0.15) is 9.97 Å². The first kappa shape index (κ1) is 37.5. The number of rotatable bonds is 7. The van der Waals surface area contributed by atoms with Gasteiger partial charge in [0.2, 0.25) is 5.95 Å². The number of fused-ring (bicyclic) bond motifs is 8. The molecule has 0 amide bonds. The first-order chi connectivity index (χ1) is 32.7. The maximum atomic E-state index is 5.36. The summed E-state index contributed by atoms with van der Waals surface area (Å²) in [5, 5.41) is 6.80. The Morgan fingerprint density at radius 1 is 0.303 bits per heavy atom. The predicted molar refractivity (Wildman–Crippen MR) is 271 cm³/mol. The maximum Gasteiger partial charge on any atom is 0.238 e. The average Bonchev–Trinajstić information content (AvgIpc) is 3.92. The first-order valence-electron chi connectivity index (χ1n) is 22.2. The van der Waals surface area contributed by atoms with E-state index < -0.39 is 0 Å². The van der Waals surface area contributed by atoms with Crippen LogP contribution in [-0.2, 0) is 0 Å². The highest BCUT2D eigenvalue weighted by atomic mass is 15.2. The van der Waals surface area contributed by atoms with Crippen LogP contribution in [0.15, 0.2) is 231 Å². The number of para-hydroxylation sites is 1. The Balaban J connectivity index is 1.12. The molecule has 6 heteroatoms. The summed E-state index contributed by atoms with van der Waals surface area (Å²) in [5.74, 6) is 1.75. The Morgan fingerprint density at radius 3 is 1.59 bits per heavy atom. The maximum absolute atomic E-state index is 5.36. The quantitative estimate of drug-likeness (QED) is 0.160. The molecule has 0 saturated heterocycles. The molecule has 0 atom stereocenters. The number of aromatic nitrogens is 6. The van der Waals surface area contributed by atoms with Crippen LogP contribution in [0.25, 0.3) is 122 Å². The molecule has 0 aliphatic rings. The van der Waals surface area contributed by atoms with Crippen molar-refractivity contribution < 1.29 is 0 Å². The molecule has 0 N–H and O–H groups in total. The molecule has 0 bridgehead atoms. The third kappa shape index (κ3) is 6.19. The molecule has 308 valence electrons.